The van der Waals surface area contributed by atoms with Crippen molar-refractivity contribution in [2.24, 2.45) is 0 Å². The van der Waals surface area contributed by atoms with Gasteiger partial charge < -0.3 is 9.80 Å². The Labute approximate surface area is 193 Å². The summed E-state index contributed by atoms with van der Waals surface area (Å²) in [6, 6.07) is 13.5. The Morgan fingerprint density at radius 1 is 1.03 bits per heavy atom. The second kappa shape index (κ2) is 8.91. The number of hydrogen-bond acceptors (Lipinski definition) is 7. The van der Waals surface area contributed by atoms with Crippen molar-refractivity contribution in [3.63, 3.8) is 0 Å². The number of carbonyl (C=O) groups excluding carboxylic acids is 1. The third-order valence-electron chi connectivity index (χ3n) is 5.42. The molecule has 4 rings (SSSR count). The minimum absolute atomic E-state index is 0.110. The Bertz CT molecular complexity index is 1310. The zero-order valence-corrected chi connectivity index (χ0v) is 19.2. The number of carbonyl (C=O) groups is 1. The Morgan fingerprint density at radius 3 is 2.30 bits per heavy atom. The van der Waals surface area contributed by atoms with Gasteiger partial charge in [-0.2, -0.15) is 0 Å². The summed E-state index contributed by atoms with van der Waals surface area (Å²) in [5.74, 6) is -0.453. The monoisotopic (exact) mass is 489 g/mol. The highest BCUT2D eigenvalue weighted by atomic mass is 32.2. The number of benzene rings is 2. The SMILES string of the molecule is CS(=O)(=O)c1ccc(N2CCN(C(=O)c3ccc(-c4ccc(F)cc4)s3)CC2)c([N+](=O)[O-])c1. The maximum absolute atomic E-state index is 13.1. The van der Waals surface area contributed by atoms with E-state index in [4.69, 9.17) is 0 Å². The molecule has 0 atom stereocenters. The maximum Gasteiger partial charge on any atom is 0.293 e. The summed E-state index contributed by atoms with van der Waals surface area (Å²) >= 11 is 1.33. The van der Waals surface area contributed by atoms with Gasteiger partial charge in [-0.1, -0.05) is 12.1 Å². The maximum atomic E-state index is 13.1. The van der Waals surface area contributed by atoms with Crippen molar-refractivity contribution < 1.29 is 22.5 Å². The third-order valence-corrected chi connectivity index (χ3v) is 7.66. The molecule has 11 heteroatoms. The number of hydrogen-bond donors (Lipinski definition) is 0. The van der Waals surface area contributed by atoms with Crippen LogP contribution in [0.4, 0.5) is 15.8 Å². The highest BCUT2D eigenvalue weighted by Crippen LogP contribution is 2.32. The first-order chi connectivity index (χ1) is 15.6. The van der Waals surface area contributed by atoms with Gasteiger partial charge in [0.25, 0.3) is 11.6 Å². The normalized spacial score (nSPS) is 14.4. The fourth-order valence-corrected chi connectivity index (χ4v) is 5.30. The van der Waals surface area contributed by atoms with Crippen LogP contribution in [-0.2, 0) is 9.84 Å². The molecule has 1 aromatic heterocycles. The largest absolute Gasteiger partial charge is 0.362 e. The van der Waals surface area contributed by atoms with E-state index in [1.165, 1.54) is 35.6 Å². The smallest absolute Gasteiger partial charge is 0.293 e. The van der Waals surface area contributed by atoms with Crippen LogP contribution < -0.4 is 4.90 Å². The van der Waals surface area contributed by atoms with Crippen LogP contribution in [0.2, 0.25) is 0 Å². The zero-order valence-electron chi connectivity index (χ0n) is 17.6. The molecule has 0 aliphatic carbocycles. The van der Waals surface area contributed by atoms with Crippen LogP contribution in [-0.4, -0.2) is 56.6 Å². The highest BCUT2D eigenvalue weighted by molar-refractivity contribution is 7.90. The van der Waals surface area contributed by atoms with Crippen molar-refractivity contribution in [3.8, 4) is 10.4 Å². The minimum Gasteiger partial charge on any atom is -0.362 e. The van der Waals surface area contributed by atoms with Gasteiger partial charge in [0, 0.05) is 43.4 Å². The number of anilines is 1. The average molecular weight is 490 g/mol. The van der Waals surface area contributed by atoms with E-state index in [0.717, 1.165) is 22.8 Å². The van der Waals surface area contributed by atoms with E-state index >= 15 is 0 Å². The zero-order chi connectivity index (χ0) is 23.8. The fourth-order valence-electron chi connectivity index (χ4n) is 3.68. The molecule has 1 saturated heterocycles. The molecule has 1 aliphatic heterocycles. The van der Waals surface area contributed by atoms with Crippen molar-refractivity contribution in [1.82, 2.24) is 4.90 Å². The lowest BCUT2D eigenvalue weighted by Crippen LogP contribution is -2.48. The lowest BCUT2D eigenvalue weighted by molar-refractivity contribution is -0.384. The van der Waals surface area contributed by atoms with Crippen LogP contribution in [0.1, 0.15) is 9.67 Å². The van der Waals surface area contributed by atoms with Crippen molar-refractivity contribution in [3.05, 3.63) is 75.4 Å². The molecule has 0 spiro atoms. The molecule has 1 amide bonds. The van der Waals surface area contributed by atoms with E-state index in [2.05, 4.69) is 0 Å². The molecule has 172 valence electrons. The van der Waals surface area contributed by atoms with Gasteiger partial charge in [0.1, 0.15) is 11.5 Å². The van der Waals surface area contributed by atoms with E-state index in [-0.39, 0.29) is 22.3 Å². The second-order valence-electron chi connectivity index (χ2n) is 7.63. The van der Waals surface area contributed by atoms with Gasteiger partial charge in [0.2, 0.25) is 0 Å². The molecule has 33 heavy (non-hydrogen) atoms. The van der Waals surface area contributed by atoms with E-state index < -0.39 is 14.8 Å². The Balaban J connectivity index is 1.47. The van der Waals surface area contributed by atoms with Gasteiger partial charge >= 0.3 is 0 Å². The first-order valence-electron chi connectivity index (χ1n) is 10.0. The fraction of sp³-hybridized carbons (Fsp3) is 0.227. The van der Waals surface area contributed by atoms with E-state index in [1.54, 1.807) is 28.0 Å². The molecule has 1 aliphatic rings. The number of halogens is 1. The molecule has 3 aromatic rings. The summed E-state index contributed by atoms with van der Waals surface area (Å²) in [7, 11) is -3.57. The second-order valence-corrected chi connectivity index (χ2v) is 10.7. The molecule has 2 aromatic carbocycles. The predicted molar refractivity (Wildman–Crippen MR) is 124 cm³/mol. The van der Waals surface area contributed by atoms with Gasteiger partial charge in [-0.15, -0.1) is 11.3 Å². The van der Waals surface area contributed by atoms with Crippen LogP contribution in [0, 0.1) is 15.9 Å². The van der Waals surface area contributed by atoms with Crippen LogP contribution in [0.25, 0.3) is 10.4 Å². The van der Waals surface area contributed by atoms with Crippen LogP contribution in [0.15, 0.2) is 59.5 Å². The number of nitro benzene ring substituents is 1. The first kappa shape index (κ1) is 22.9. The average Bonchev–Trinajstić information content (AvgIpc) is 3.28. The van der Waals surface area contributed by atoms with Gasteiger partial charge in [0.15, 0.2) is 9.84 Å². The van der Waals surface area contributed by atoms with E-state index in [0.29, 0.717) is 36.7 Å². The Kier molecular flexibility index (Phi) is 6.17. The predicted octanol–water partition coefficient (Wildman–Crippen LogP) is 3.83. The van der Waals surface area contributed by atoms with E-state index in [1.807, 2.05) is 6.07 Å². The number of nitrogens with zero attached hydrogens (tertiary/aromatic N) is 3. The van der Waals surface area contributed by atoms with Crippen LogP contribution >= 0.6 is 11.3 Å². The lowest BCUT2D eigenvalue weighted by atomic mass is 10.2. The number of nitro groups is 1. The summed E-state index contributed by atoms with van der Waals surface area (Å²) in [5, 5.41) is 11.5. The summed E-state index contributed by atoms with van der Waals surface area (Å²) in [6.07, 6.45) is 1.00. The number of thiophene rings is 1. The Morgan fingerprint density at radius 2 is 1.70 bits per heavy atom. The van der Waals surface area contributed by atoms with Gasteiger partial charge in [0.05, 0.1) is 14.7 Å². The first-order valence-corrected chi connectivity index (χ1v) is 12.7. The van der Waals surface area contributed by atoms with Gasteiger partial charge in [-0.3, -0.25) is 14.9 Å². The lowest BCUT2D eigenvalue weighted by Gasteiger charge is -2.35. The van der Waals surface area contributed by atoms with Crippen molar-refractivity contribution >= 4 is 38.5 Å². The number of piperazine rings is 1. The summed E-state index contributed by atoms with van der Waals surface area (Å²) in [6.45, 7) is 1.49. The van der Waals surface area contributed by atoms with Crippen molar-refractivity contribution in [1.29, 1.82) is 0 Å². The number of sulfone groups is 1. The Hall–Kier alpha value is -3.31. The van der Waals surface area contributed by atoms with Crippen LogP contribution in [0.3, 0.4) is 0 Å². The molecular formula is C22H20FN3O5S2. The van der Waals surface area contributed by atoms with Crippen molar-refractivity contribution in [2.75, 3.05) is 37.3 Å². The molecule has 8 nitrogen and oxygen atoms in total. The van der Waals surface area contributed by atoms with Gasteiger partial charge in [-0.05, 0) is 42.0 Å². The molecule has 1 fully saturated rings. The molecule has 2 heterocycles. The van der Waals surface area contributed by atoms with Crippen molar-refractivity contribution in [2.45, 2.75) is 4.90 Å². The summed E-state index contributed by atoms with van der Waals surface area (Å²) in [5.41, 5.74) is 0.879. The number of amides is 1. The summed E-state index contributed by atoms with van der Waals surface area (Å²) in [4.78, 5) is 28.7. The molecule has 0 unspecified atom stereocenters. The quantitative estimate of drug-likeness (QED) is 0.399. The van der Waals surface area contributed by atoms with Crippen LogP contribution in [0.5, 0.6) is 0 Å². The highest BCUT2D eigenvalue weighted by Gasteiger charge is 2.28. The standard InChI is InChI=1S/C22H20FN3O5S2/c1-33(30,31)17-6-7-18(19(14-17)26(28)29)24-10-12-25(13-11-24)22(27)21-9-8-20(32-21)15-2-4-16(23)5-3-15/h2-9,14H,10-13H2,1H3. The minimum atomic E-state index is -3.57. The summed E-state index contributed by atoms with van der Waals surface area (Å²) < 4.78 is 36.7. The molecule has 0 N–H and O–H groups in total. The molecule has 0 radical (unpaired) electrons. The van der Waals surface area contributed by atoms with E-state index in [9.17, 15) is 27.7 Å². The van der Waals surface area contributed by atoms with Gasteiger partial charge in [-0.25, -0.2) is 12.8 Å². The number of rotatable bonds is 5. The molecule has 0 bridgehead atoms. The topological polar surface area (TPSA) is 101 Å². The third kappa shape index (κ3) is 4.88. The molecule has 0 saturated carbocycles. The molecular weight excluding hydrogens is 469 g/mol.